The van der Waals surface area contributed by atoms with Gasteiger partial charge in [-0.2, -0.15) is 13.2 Å². The van der Waals surface area contributed by atoms with E-state index in [1.807, 2.05) is 0 Å². The van der Waals surface area contributed by atoms with Crippen LogP contribution >= 0.6 is 0 Å². The fourth-order valence-electron chi connectivity index (χ4n) is 1.90. The lowest BCUT2D eigenvalue weighted by atomic mass is 9.96. The van der Waals surface area contributed by atoms with Crippen molar-refractivity contribution in [3.8, 4) is 0 Å². The molecule has 0 saturated heterocycles. The molecule has 0 spiro atoms. The second-order valence-corrected chi connectivity index (χ2v) is 4.45. The van der Waals surface area contributed by atoms with Gasteiger partial charge in [-0.15, -0.1) is 0 Å². The van der Waals surface area contributed by atoms with Crippen LogP contribution in [0.4, 0.5) is 22.0 Å². The van der Waals surface area contributed by atoms with E-state index in [0.717, 1.165) is 24.3 Å². The molecular formula is C15H9F5O. The van der Waals surface area contributed by atoms with E-state index in [2.05, 4.69) is 0 Å². The van der Waals surface area contributed by atoms with Gasteiger partial charge in [0.15, 0.2) is 5.78 Å². The molecule has 2 aromatic carbocycles. The molecule has 0 unspecified atom stereocenters. The van der Waals surface area contributed by atoms with Crippen LogP contribution < -0.4 is 0 Å². The van der Waals surface area contributed by atoms with E-state index >= 15 is 0 Å². The fraction of sp³-hybridized carbons (Fsp3) is 0.133. The van der Waals surface area contributed by atoms with Crippen LogP contribution in [-0.4, -0.2) is 5.78 Å². The summed E-state index contributed by atoms with van der Waals surface area (Å²) >= 11 is 0. The molecule has 0 radical (unpaired) electrons. The van der Waals surface area contributed by atoms with E-state index < -0.39 is 40.3 Å². The summed E-state index contributed by atoms with van der Waals surface area (Å²) in [4.78, 5) is 12.1. The van der Waals surface area contributed by atoms with Gasteiger partial charge < -0.3 is 0 Å². The standard InChI is InChI=1S/C15H9F5O/c1-8-6-10(13(17)7-12(8)16)14(21)9-4-2-3-5-11(9)15(18,19)20/h2-7H,1H3. The number of hydrogen-bond acceptors (Lipinski definition) is 1. The van der Waals surface area contributed by atoms with Gasteiger partial charge in [0, 0.05) is 11.6 Å². The van der Waals surface area contributed by atoms with Gasteiger partial charge in [-0.1, -0.05) is 18.2 Å². The molecule has 21 heavy (non-hydrogen) atoms. The summed E-state index contributed by atoms with van der Waals surface area (Å²) in [5.41, 5.74) is -2.44. The maximum absolute atomic E-state index is 13.7. The molecule has 2 rings (SSSR count). The number of ketones is 1. The summed E-state index contributed by atoms with van der Waals surface area (Å²) in [6.07, 6.45) is -4.74. The molecular weight excluding hydrogens is 291 g/mol. The van der Waals surface area contributed by atoms with Crippen LogP contribution in [0.5, 0.6) is 0 Å². The molecule has 0 aromatic heterocycles. The van der Waals surface area contributed by atoms with E-state index in [9.17, 15) is 26.7 Å². The zero-order valence-corrected chi connectivity index (χ0v) is 10.8. The topological polar surface area (TPSA) is 17.1 Å². The monoisotopic (exact) mass is 300 g/mol. The number of rotatable bonds is 2. The van der Waals surface area contributed by atoms with E-state index in [1.54, 1.807) is 0 Å². The van der Waals surface area contributed by atoms with E-state index in [4.69, 9.17) is 0 Å². The highest BCUT2D eigenvalue weighted by atomic mass is 19.4. The minimum atomic E-state index is -4.74. The van der Waals surface area contributed by atoms with E-state index in [0.29, 0.717) is 6.07 Å². The lowest BCUT2D eigenvalue weighted by Crippen LogP contribution is -2.15. The molecule has 6 heteroatoms. The van der Waals surface area contributed by atoms with Crippen molar-refractivity contribution in [3.05, 3.63) is 70.3 Å². The Bertz CT molecular complexity index is 704. The van der Waals surface area contributed by atoms with Crippen molar-refractivity contribution in [2.24, 2.45) is 0 Å². The lowest BCUT2D eigenvalue weighted by molar-refractivity contribution is -0.137. The molecule has 1 nitrogen and oxygen atoms in total. The Labute approximate surface area is 117 Å². The molecule has 0 heterocycles. The molecule has 0 bridgehead atoms. The Morgan fingerprint density at radius 3 is 2.19 bits per heavy atom. The van der Waals surface area contributed by atoms with Crippen LogP contribution in [0.2, 0.25) is 0 Å². The summed E-state index contributed by atoms with van der Waals surface area (Å²) in [5, 5.41) is 0. The molecule has 0 fully saturated rings. The third-order valence-electron chi connectivity index (χ3n) is 2.97. The minimum absolute atomic E-state index is 0.0239. The second-order valence-electron chi connectivity index (χ2n) is 4.45. The fourth-order valence-corrected chi connectivity index (χ4v) is 1.90. The highest BCUT2D eigenvalue weighted by Gasteiger charge is 2.35. The summed E-state index contributed by atoms with van der Waals surface area (Å²) in [6, 6.07) is 5.46. The number of hydrogen-bond donors (Lipinski definition) is 0. The SMILES string of the molecule is Cc1cc(C(=O)c2ccccc2C(F)(F)F)c(F)cc1F. The molecule has 0 aliphatic rings. The second kappa shape index (κ2) is 5.27. The maximum atomic E-state index is 13.7. The van der Waals surface area contributed by atoms with Crippen LogP contribution in [-0.2, 0) is 6.18 Å². The summed E-state index contributed by atoms with van der Waals surface area (Å²) in [7, 11) is 0. The van der Waals surface area contributed by atoms with Gasteiger partial charge in [0.1, 0.15) is 11.6 Å². The molecule has 0 amide bonds. The summed E-state index contributed by atoms with van der Waals surface area (Å²) < 4.78 is 65.4. The van der Waals surface area contributed by atoms with Gasteiger partial charge in [0.05, 0.1) is 11.1 Å². The lowest BCUT2D eigenvalue weighted by Gasteiger charge is -2.12. The Balaban J connectivity index is 2.59. The minimum Gasteiger partial charge on any atom is -0.288 e. The molecule has 110 valence electrons. The average molecular weight is 300 g/mol. The van der Waals surface area contributed by atoms with Crippen LogP contribution in [0.15, 0.2) is 36.4 Å². The van der Waals surface area contributed by atoms with Crippen LogP contribution in [0.1, 0.15) is 27.0 Å². The van der Waals surface area contributed by atoms with Crippen LogP contribution in [0.25, 0.3) is 0 Å². The number of benzene rings is 2. The number of halogens is 5. The number of alkyl halides is 3. The van der Waals surface area contributed by atoms with Gasteiger partial charge in [-0.3, -0.25) is 4.79 Å². The van der Waals surface area contributed by atoms with Crippen molar-refractivity contribution in [2.45, 2.75) is 13.1 Å². The van der Waals surface area contributed by atoms with Crippen molar-refractivity contribution in [3.63, 3.8) is 0 Å². The number of aryl methyl sites for hydroxylation is 1. The smallest absolute Gasteiger partial charge is 0.288 e. The van der Waals surface area contributed by atoms with Gasteiger partial charge in [-0.25, -0.2) is 8.78 Å². The zero-order chi connectivity index (χ0) is 15.8. The van der Waals surface area contributed by atoms with Crippen LogP contribution in [0.3, 0.4) is 0 Å². The van der Waals surface area contributed by atoms with Gasteiger partial charge in [0.25, 0.3) is 0 Å². The Morgan fingerprint density at radius 1 is 0.952 bits per heavy atom. The van der Waals surface area contributed by atoms with Gasteiger partial charge >= 0.3 is 6.18 Å². The molecule has 0 atom stereocenters. The van der Waals surface area contributed by atoms with Crippen molar-refractivity contribution in [1.82, 2.24) is 0 Å². The molecule has 0 aliphatic heterocycles. The first-order valence-electron chi connectivity index (χ1n) is 5.88. The quantitative estimate of drug-likeness (QED) is 0.588. The molecule has 0 saturated carbocycles. The maximum Gasteiger partial charge on any atom is 0.417 e. The van der Waals surface area contributed by atoms with Crippen molar-refractivity contribution in [2.75, 3.05) is 0 Å². The highest BCUT2D eigenvalue weighted by Crippen LogP contribution is 2.33. The third kappa shape index (κ3) is 2.94. The third-order valence-corrected chi connectivity index (χ3v) is 2.97. The van der Waals surface area contributed by atoms with E-state index in [1.165, 1.54) is 13.0 Å². The predicted octanol–water partition coefficient (Wildman–Crippen LogP) is 4.52. The molecule has 2 aromatic rings. The number of carbonyl (C=O) groups excluding carboxylic acids is 1. The van der Waals surface area contributed by atoms with Crippen molar-refractivity contribution >= 4 is 5.78 Å². The van der Waals surface area contributed by atoms with E-state index in [-0.39, 0.29) is 5.56 Å². The van der Waals surface area contributed by atoms with Gasteiger partial charge in [0.2, 0.25) is 0 Å². The molecule has 0 N–H and O–H groups in total. The normalized spacial score (nSPS) is 11.5. The Morgan fingerprint density at radius 2 is 1.57 bits per heavy atom. The average Bonchev–Trinajstić information content (AvgIpc) is 2.41. The van der Waals surface area contributed by atoms with Crippen molar-refractivity contribution < 1.29 is 26.7 Å². The first-order chi connectivity index (χ1) is 9.71. The first kappa shape index (κ1) is 15.2. The summed E-state index contributed by atoms with van der Waals surface area (Å²) in [6.45, 7) is 1.29. The summed E-state index contributed by atoms with van der Waals surface area (Å²) in [5.74, 6) is -3.20. The Hall–Kier alpha value is -2.24. The van der Waals surface area contributed by atoms with Gasteiger partial charge in [-0.05, 0) is 24.6 Å². The number of carbonyl (C=O) groups is 1. The zero-order valence-electron chi connectivity index (χ0n) is 10.8. The predicted molar refractivity (Wildman–Crippen MR) is 66.0 cm³/mol. The first-order valence-corrected chi connectivity index (χ1v) is 5.88. The Kier molecular flexibility index (Phi) is 3.80. The van der Waals surface area contributed by atoms with Crippen LogP contribution in [0, 0.1) is 18.6 Å². The largest absolute Gasteiger partial charge is 0.417 e. The molecule has 0 aliphatic carbocycles. The van der Waals surface area contributed by atoms with Crippen molar-refractivity contribution in [1.29, 1.82) is 0 Å². The highest BCUT2D eigenvalue weighted by molar-refractivity contribution is 6.10.